The minimum absolute atomic E-state index is 0.0739. The number of carbonyl (C=O) groups excluding carboxylic acids is 2. The Balaban J connectivity index is 1.53. The van der Waals surface area contributed by atoms with Gasteiger partial charge in [-0.1, -0.05) is 18.2 Å². The van der Waals surface area contributed by atoms with Crippen molar-refractivity contribution in [1.29, 1.82) is 0 Å². The van der Waals surface area contributed by atoms with Crippen molar-refractivity contribution in [2.75, 3.05) is 23.4 Å². The normalized spacial score (nSPS) is 28.3. The first kappa shape index (κ1) is 14.3. The molecule has 0 spiro atoms. The van der Waals surface area contributed by atoms with Crippen LogP contribution in [0.25, 0.3) is 0 Å². The Kier molecular flexibility index (Phi) is 3.36. The highest BCUT2D eigenvalue weighted by Gasteiger charge is 2.39. The van der Waals surface area contributed by atoms with E-state index in [4.69, 9.17) is 4.74 Å². The summed E-state index contributed by atoms with van der Waals surface area (Å²) in [6.45, 7) is 2.92. The van der Waals surface area contributed by atoms with Gasteiger partial charge < -0.3 is 10.1 Å². The van der Waals surface area contributed by atoms with Gasteiger partial charge in [-0.25, -0.2) is 4.79 Å². The molecule has 3 atom stereocenters. The number of fused-ring (bicyclic) bond motifs is 2. The van der Waals surface area contributed by atoms with Crippen LogP contribution in [0.2, 0.25) is 0 Å². The predicted octanol–water partition coefficient (Wildman–Crippen LogP) is 3.10. The Morgan fingerprint density at radius 2 is 2.17 bits per heavy atom. The van der Waals surface area contributed by atoms with E-state index < -0.39 is 0 Å². The minimum atomic E-state index is -0.329. The van der Waals surface area contributed by atoms with Gasteiger partial charge in [0.05, 0.1) is 6.54 Å². The lowest BCUT2D eigenvalue weighted by atomic mass is 9.92. The summed E-state index contributed by atoms with van der Waals surface area (Å²) in [5, 5.41) is 3.06. The van der Waals surface area contributed by atoms with Crippen molar-refractivity contribution in [2.24, 2.45) is 17.8 Å². The van der Waals surface area contributed by atoms with Gasteiger partial charge in [-0.05, 0) is 49.3 Å². The second-order valence-electron chi connectivity index (χ2n) is 6.64. The van der Waals surface area contributed by atoms with Crippen LogP contribution in [0.15, 0.2) is 30.4 Å². The summed E-state index contributed by atoms with van der Waals surface area (Å²) in [6, 6.07) is 5.68. The molecule has 1 saturated carbocycles. The van der Waals surface area contributed by atoms with Gasteiger partial charge in [0.1, 0.15) is 6.61 Å². The molecule has 1 aliphatic heterocycles. The molecular weight excluding hydrogens is 292 g/mol. The molecule has 5 heteroatoms. The molecule has 1 heterocycles. The molecule has 2 bridgehead atoms. The number of allylic oxidation sites excluding steroid dienone is 2. The van der Waals surface area contributed by atoms with Gasteiger partial charge in [0.2, 0.25) is 5.91 Å². The number of amides is 2. The highest BCUT2D eigenvalue weighted by atomic mass is 16.6. The number of nitrogens with zero attached hydrogens (tertiary/aromatic N) is 1. The van der Waals surface area contributed by atoms with E-state index in [0.717, 1.165) is 29.8 Å². The third-order valence-electron chi connectivity index (χ3n) is 5.17. The number of benzene rings is 1. The summed E-state index contributed by atoms with van der Waals surface area (Å²) in [5.74, 6) is 1.12. The van der Waals surface area contributed by atoms with Gasteiger partial charge in [0.15, 0.2) is 0 Å². The molecule has 23 heavy (non-hydrogen) atoms. The lowest BCUT2D eigenvalue weighted by molar-refractivity contribution is -0.120. The number of hydrogen-bond donors (Lipinski definition) is 1. The molecule has 2 amide bonds. The monoisotopic (exact) mass is 312 g/mol. The lowest BCUT2D eigenvalue weighted by Gasteiger charge is -2.20. The zero-order valence-corrected chi connectivity index (χ0v) is 13.1. The van der Waals surface area contributed by atoms with Crippen LogP contribution in [0.1, 0.15) is 18.4 Å². The number of ether oxygens (including phenoxy) is 1. The average molecular weight is 312 g/mol. The number of hydrogen-bond acceptors (Lipinski definition) is 3. The summed E-state index contributed by atoms with van der Waals surface area (Å²) in [5.41, 5.74) is 2.54. The Hall–Kier alpha value is -2.30. The van der Waals surface area contributed by atoms with Gasteiger partial charge in [-0.2, -0.15) is 0 Å². The topological polar surface area (TPSA) is 58.6 Å². The number of cyclic esters (lactones) is 1. The average Bonchev–Trinajstić information content (AvgIpc) is 3.26. The maximum atomic E-state index is 12.6. The molecule has 1 aromatic carbocycles. The van der Waals surface area contributed by atoms with E-state index in [9.17, 15) is 9.59 Å². The molecule has 2 fully saturated rings. The van der Waals surface area contributed by atoms with E-state index in [1.807, 2.05) is 25.1 Å². The molecule has 3 unspecified atom stereocenters. The van der Waals surface area contributed by atoms with Crippen molar-refractivity contribution >= 4 is 23.4 Å². The Bertz CT molecular complexity index is 698. The second kappa shape index (κ2) is 5.41. The minimum Gasteiger partial charge on any atom is -0.447 e. The maximum Gasteiger partial charge on any atom is 0.414 e. The molecule has 1 aromatic rings. The lowest BCUT2D eigenvalue weighted by Crippen LogP contribution is -2.27. The first-order valence-corrected chi connectivity index (χ1v) is 8.16. The molecule has 120 valence electrons. The first-order chi connectivity index (χ1) is 11.1. The van der Waals surface area contributed by atoms with Crippen LogP contribution >= 0.6 is 0 Å². The van der Waals surface area contributed by atoms with Gasteiger partial charge in [0, 0.05) is 17.3 Å². The fraction of sp³-hybridized carbons (Fsp3) is 0.444. The molecule has 1 N–H and O–H groups in total. The Labute approximate surface area is 135 Å². The van der Waals surface area contributed by atoms with E-state index in [1.54, 1.807) is 4.90 Å². The third-order valence-corrected chi connectivity index (χ3v) is 5.17. The van der Waals surface area contributed by atoms with Gasteiger partial charge in [-0.3, -0.25) is 9.69 Å². The fourth-order valence-corrected chi connectivity index (χ4v) is 3.85. The summed E-state index contributed by atoms with van der Waals surface area (Å²) in [4.78, 5) is 25.9. The third kappa shape index (κ3) is 2.50. The van der Waals surface area contributed by atoms with Gasteiger partial charge in [-0.15, -0.1) is 0 Å². The largest absolute Gasteiger partial charge is 0.447 e. The molecule has 5 nitrogen and oxygen atoms in total. The second-order valence-corrected chi connectivity index (χ2v) is 6.64. The smallest absolute Gasteiger partial charge is 0.414 e. The predicted molar refractivity (Wildman–Crippen MR) is 87.3 cm³/mol. The standard InChI is InChI=1S/C18H20N2O3/c1-11-2-5-14(20-6-7-23-18(20)22)10-16(11)19-17(21)15-9-12-3-4-13(15)8-12/h2-5,10,12-13,15H,6-9H2,1H3,(H,19,21). The SMILES string of the molecule is Cc1ccc(N2CCOC2=O)cc1NC(=O)C1CC2C=CC1C2. The number of carbonyl (C=O) groups is 2. The van der Waals surface area contributed by atoms with E-state index in [-0.39, 0.29) is 17.9 Å². The zero-order chi connectivity index (χ0) is 16.0. The van der Waals surface area contributed by atoms with Crippen LogP contribution in [-0.4, -0.2) is 25.2 Å². The van der Waals surface area contributed by atoms with Crippen molar-refractivity contribution in [3.8, 4) is 0 Å². The van der Waals surface area contributed by atoms with Crippen molar-refractivity contribution in [2.45, 2.75) is 19.8 Å². The van der Waals surface area contributed by atoms with Crippen molar-refractivity contribution in [3.05, 3.63) is 35.9 Å². The van der Waals surface area contributed by atoms with E-state index in [2.05, 4.69) is 17.5 Å². The van der Waals surface area contributed by atoms with Gasteiger partial charge in [0.25, 0.3) is 0 Å². The Morgan fingerprint density at radius 3 is 2.83 bits per heavy atom. The van der Waals surface area contributed by atoms with Crippen LogP contribution in [0.3, 0.4) is 0 Å². The van der Waals surface area contributed by atoms with Crippen molar-refractivity contribution in [3.63, 3.8) is 0 Å². The fourth-order valence-electron chi connectivity index (χ4n) is 3.85. The molecule has 0 radical (unpaired) electrons. The first-order valence-electron chi connectivity index (χ1n) is 8.16. The number of rotatable bonds is 3. The number of aryl methyl sites for hydroxylation is 1. The van der Waals surface area contributed by atoms with Crippen LogP contribution in [-0.2, 0) is 9.53 Å². The van der Waals surface area contributed by atoms with Gasteiger partial charge >= 0.3 is 6.09 Å². The van der Waals surface area contributed by atoms with Crippen LogP contribution in [0.4, 0.5) is 16.2 Å². The number of nitrogens with one attached hydrogen (secondary N) is 1. The molecule has 4 rings (SSSR count). The van der Waals surface area contributed by atoms with Crippen LogP contribution in [0.5, 0.6) is 0 Å². The Morgan fingerprint density at radius 1 is 1.30 bits per heavy atom. The highest BCUT2D eigenvalue weighted by molar-refractivity contribution is 5.96. The quantitative estimate of drug-likeness (QED) is 0.873. The van der Waals surface area contributed by atoms with E-state index in [1.165, 1.54) is 0 Å². The van der Waals surface area contributed by atoms with Crippen molar-refractivity contribution < 1.29 is 14.3 Å². The molecule has 1 saturated heterocycles. The van der Waals surface area contributed by atoms with Crippen molar-refractivity contribution in [1.82, 2.24) is 0 Å². The van der Waals surface area contributed by atoms with E-state index in [0.29, 0.717) is 25.0 Å². The number of anilines is 2. The summed E-state index contributed by atoms with van der Waals surface area (Å²) in [7, 11) is 0. The molecular formula is C18H20N2O3. The van der Waals surface area contributed by atoms with Crippen LogP contribution < -0.4 is 10.2 Å². The van der Waals surface area contributed by atoms with Crippen LogP contribution in [0, 0.1) is 24.7 Å². The molecule has 2 aliphatic carbocycles. The van der Waals surface area contributed by atoms with E-state index >= 15 is 0 Å². The summed E-state index contributed by atoms with van der Waals surface area (Å²) >= 11 is 0. The summed E-state index contributed by atoms with van der Waals surface area (Å²) in [6.07, 6.45) is 6.15. The summed E-state index contributed by atoms with van der Waals surface area (Å²) < 4.78 is 4.98. The molecule has 3 aliphatic rings. The molecule has 0 aromatic heterocycles. The highest BCUT2D eigenvalue weighted by Crippen LogP contribution is 2.44. The zero-order valence-electron chi connectivity index (χ0n) is 13.1. The maximum absolute atomic E-state index is 12.6.